The van der Waals surface area contributed by atoms with Crippen LogP contribution in [0, 0.1) is 6.92 Å². The number of para-hydroxylation sites is 1. The third-order valence-corrected chi connectivity index (χ3v) is 6.02. The molecule has 1 heterocycles. The molecule has 2 aromatic rings. The standard InChI is InChI=1S/C25H28N2O4/c1-17-8-5-6-11-22(17)27-24(29)20-13-12-18(16-21(20)25(27)30)23(28)26-14-7-15-31-19-9-3-2-4-10-19/h5-6,8,11-13,16,19H,2-4,7,9-10,14-15H2,1H3,(H,26,28). The molecule has 162 valence electrons. The largest absolute Gasteiger partial charge is 0.378 e. The smallest absolute Gasteiger partial charge is 0.266 e. The summed E-state index contributed by atoms with van der Waals surface area (Å²) in [6.07, 6.45) is 7.14. The first-order valence-corrected chi connectivity index (χ1v) is 11.0. The number of carbonyl (C=O) groups excluding carboxylic acids is 3. The number of imide groups is 1. The predicted octanol–water partition coefficient (Wildman–Crippen LogP) is 4.26. The molecule has 0 unspecified atom stereocenters. The Morgan fingerprint density at radius 2 is 1.77 bits per heavy atom. The molecule has 1 aliphatic carbocycles. The Morgan fingerprint density at radius 3 is 2.55 bits per heavy atom. The van der Waals surface area contributed by atoms with Crippen LogP contribution < -0.4 is 10.2 Å². The third-order valence-electron chi connectivity index (χ3n) is 6.02. The van der Waals surface area contributed by atoms with Crippen LogP contribution in [0.1, 0.15) is 75.2 Å². The van der Waals surface area contributed by atoms with Crippen molar-refractivity contribution in [3.05, 3.63) is 64.7 Å². The van der Waals surface area contributed by atoms with Crippen LogP contribution in [0.5, 0.6) is 0 Å². The van der Waals surface area contributed by atoms with Gasteiger partial charge in [-0.2, -0.15) is 0 Å². The second kappa shape index (κ2) is 9.43. The highest BCUT2D eigenvalue weighted by molar-refractivity contribution is 6.35. The van der Waals surface area contributed by atoms with Crippen molar-refractivity contribution in [1.82, 2.24) is 5.32 Å². The number of anilines is 1. The normalized spacial score (nSPS) is 16.5. The van der Waals surface area contributed by atoms with Gasteiger partial charge in [0.05, 0.1) is 22.9 Å². The summed E-state index contributed by atoms with van der Waals surface area (Å²) in [5.41, 5.74) is 2.37. The summed E-state index contributed by atoms with van der Waals surface area (Å²) >= 11 is 0. The van der Waals surface area contributed by atoms with Gasteiger partial charge in [-0.05, 0) is 56.0 Å². The molecule has 0 saturated heterocycles. The molecule has 1 aliphatic heterocycles. The first-order valence-electron chi connectivity index (χ1n) is 11.0. The van der Waals surface area contributed by atoms with E-state index in [1.807, 2.05) is 19.1 Å². The lowest BCUT2D eigenvalue weighted by Gasteiger charge is -2.21. The van der Waals surface area contributed by atoms with Gasteiger partial charge in [-0.3, -0.25) is 14.4 Å². The SMILES string of the molecule is Cc1ccccc1N1C(=O)c2ccc(C(=O)NCCCOC3CCCCC3)cc2C1=O. The Morgan fingerprint density at radius 1 is 1.03 bits per heavy atom. The van der Waals surface area contributed by atoms with Crippen molar-refractivity contribution >= 4 is 23.4 Å². The average Bonchev–Trinajstić information content (AvgIpc) is 3.04. The number of amides is 3. The van der Waals surface area contributed by atoms with Gasteiger partial charge in [-0.25, -0.2) is 4.90 Å². The van der Waals surface area contributed by atoms with Crippen molar-refractivity contribution < 1.29 is 19.1 Å². The fourth-order valence-corrected chi connectivity index (χ4v) is 4.27. The molecule has 0 atom stereocenters. The van der Waals surface area contributed by atoms with Crippen molar-refractivity contribution in [3.63, 3.8) is 0 Å². The summed E-state index contributed by atoms with van der Waals surface area (Å²) in [6, 6.07) is 11.9. The molecule has 0 spiro atoms. The quantitative estimate of drug-likeness (QED) is 0.536. The Labute approximate surface area is 182 Å². The zero-order valence-electron chi connectivity index (χ0n) is 17.9. The molecule has 0 bridgehead atoms. The van der Waals surface area contributed by atoms with E-state index in [0.29, 0.717) is 36.1 Å². The second-order valence-corrected chi connectivity index (χ2v) is 8.23. The van der Waals surface area contributed by atoms with Crippen LogP contribution in [0.15, 0.2) is 42.5 Å². The minimum Gasteiger partial charge on any atom is -0.378 e. The zero-order valence-corrected chi connectivity index (χ0v) is 17.9. The van der Waals surface area contributed by atoms with E-state index in [4.69, 9.17) is 4.74 Å². The highest BCUT2D eigenvalue weighted by Crippen LogP contribution is 2.31. The van der Waals surface area contributed by atoms with Crippen LogP contribution in [0.4, 0.5) is 5.69 Å². The lowest BCUT2D eigenvalue weighted by Crippen LogP contribution is -2.30. The minimum atomic E-state index is -0.398. The molecule has 3 amide bonds. The van der Waals surface area contributed by atoms with Crippen LogP contribution in [0.25, 0.3) is 0 Å². The van der Waals surface area contributed by atoms with E-state index >= 15 is 0 Å². The summed E-state index contributed by atoms with van der Waals surface area (Å²) in [7, 11) is 0. The summed E-state index contributed by atoms with van der Waals surface area (Å²) in [4.78, 5) is 39.5. The maximum Gasteiger partial charge on any atom is 0.266 e. The third kappa shape index (κ3) is 4.54. The molecule has 2 aliphatic rings. The molecule has 1 N–H and O–H groups in total. The Balaban J connectivity index is 1.35. The van der Waals surface area contributed by atoms with Gasteiger partial charge in [0.1, 0.15) is 0 Å². The van der Waals surface area contributed by atoms with Crippen molar-refractivity contribution in [1.29, 1.82) is 0 Å². The van der Waals surface area contributed by atoms with Crippen molar-refractivity contribution in [3.8, 4) is 0 Å². The molecule has 4 rings (SSSR count). The minimum absolute atomic E-state index is 0.255. The summed E-state index contributed by atoms with van der Waals surface area (Å²) in [5, 5.41) is 2.88. The second-order valence-electron chi connectivity index (χ2n) is 8.23. The van der Waals surface area contributed by atoms with Gasteiger partial charge in [0, 0.05) is 18.7 Å². The highest BCUT2D eigenvalue weighted by atomic mass is 16.5. The fraction of sp³-hybridized carbons (Fsp3) is 0.400. The van der Waals surface area contributed by atoms with Crippen molar-refractivity contribution in [2.45, 2.75) is 51.6 Å². The predicted molar refractivity (Wildman–Crippen MR) is 119 cm³/mol. The van der Waals surface area contributed by atoms with Crippen molar-refractivity contribution in [2.75, 3.05) is 18.1 Å². The first-order chi connectivity index (χ1) is 15.1. The summed E-state index contributed by atoms with van der Waals surface area (Å²) in [6.45, 7) is 2.99. The summed E-state index contributed by atoms with van der Waals surface area (Å²) < 4.78 is 5.88. The van der Waals surface area contributed by atoms with E-state index in [1.165, 1.54) is 30.2 Å². The van der Waals surface area contributed by atoms with Gasteiger partial charge in [-0.1, -0.05) is 37.5 Å². The van der Waals surface area contributed by atoms with Crippen LogP contribution in [0.3, 0.4) is 0 Å². The topological polar surface area (TPSA) is 75.7 Å². The van der Waals surface area contributed by atoms with Crippen LogP contribution >= 0.6 is 0 Å². The van der Waals surface area contributed by atoms with Gasteiger partial charge < -0.3 is 10.1 Å². The summed E-state index contributed by atoms with van der Waals surface area (Å²) in [5.74, 6) is -1.01. The lowest BCUT2D eigenvalue weighted by molar-refractivity contribution is 0.0273. The Hall–Kier alpha value is -2.99. The van der Waals surface area contributed by atoms with Crippen LogP contribution in [-0.4, -0.2) is 37.0 Å². The molecule has 1 saturated carbocycles. The molecule has 1 fully saturated rings. The molecule has 6 nitrogen and oxygen atoms in total. The number of benzene rings is 2. The van der Waals surface area contributed by atoms with Crippen molar-refractivity contribution in [2.24, 2.45) is 0 Å². The molecular formula is C25H28N2O4. The molecule has 2 aromatic carbocycles. The van der Waals surface area contributed by atoms with E-state index in [2.05, 4.69) is 5.32 Å². The molecule has 0 radical (unpaired) electrons. The van der Waals surface area contributed by atoms with Gasteiger partial charge >= 0.3 is 0 Å². The number of nitrogens with zero attached hydrogens (tertiary/aromatic N) is 1. The maximum atomic E-state index is 12.9. The lowest BCUT2D eigenvalue weighted by atomic mass is 9.98. The molecular weight excluding hydrogens is 392 g/mol. The monoisotopic (exact) mass is 420 g/mol. The maximum absolute atomic E-state index is 12.9. The van der Waals surface area contributed by atoms with E-state index in [1.54, 1.807) is 24.3 Å². The average molecular weight is 421 g/mol. The number of nitrogens with one attached hydrogen (secondary N) is 1. The molecule has 6 heteroatoms. The first kappa shape index (κ1) is 21.2. The number of fused-ring (bicyclic) bond motifs is 1. The Kier molecular flexibility index (Phi) is 6.47. The van der Waals surface area contributed by atoms with Gasteiger partial charge in [-0.15, -0.1) is 0 Å². The van der Waals surface area contributed by atoms with Gasteiger partial charge in [0.15, 0.2) is 0 Å². The fourth-order valence-electron chi connectivity index (χ4n) is 4.27. The molecule has 0 aromatic heterocycles. The number of hydrogen-bond donors (Lipinski definition) is 1. The zero-order chi connectivity index (χ0) is 21.8. The number of aryl methyl sites for hydroxylation is 1. The van der Waals surface area contributed by atoms with E-state index < -0.39 is 5.91 Å². The van der Waals surface area contributed by atoms with Gasteiger partial charge in [0.25, 0.3) is 17.7 Å². The number of hydrogen-bond acceptors (Lipinski definition) is 4. The van der Waals surface area contributed by atoms with E-state index in [9.17, 15) is 14.4 Å². The number of ether oxygens (including phenoxy) is 1. The van der Waals surface area contributed by atoms with Crippen LogP contribution in [-0.2, 0) is 4.74 Å². The number of carbonyl (C=O) groups is 3. The van der Waals surface area contributed by atoms with Gasteiger partial charge in [0.2, 0.25) is 0 Å². The van der Waals surface area contributed by atoms with Crippen LogP contribution in [0.2, 0.25) is 0 Å². The van der Waals surface area contributed by atoms with E-state index in [0.717, 1.165) is 24.8 Å². The number of rotatable bonds is 7. The Bertz CT molecular complexity index is 995. The highest BCUT2D eigenvalue weighted by Gasteiger charge is 2.37. The molecule has 31 heavy (non-hydrogen) atoms. The van der Waals surface area contributed by atoms with E-state index in [-0.39, 0.29) is 17.4 Å².